The van der Waals surface area contributed by atoms with E-state index in [-0.39, 0.29) is 12.0 Å². The minimum absolute atomic E-state index is 0.151. The number of rotatable bonds is 14. The van der Waals surface area contributed by atoms with Gasteiger partial charge in [0.1, 0.15) is 6.10 Å². The predicted octanol–water partition coefficient (Wildman–Crippen LogP) is 9.14. The van der Waals surface area contributed by atoms with Crippen molar-refractivity contribution < 1.29 is 14.6 Å². The summed E-state index contributed by atoms with van der Waals surface area (Å²) in [7, 11) is 0. The first-order valence-corrected chi connectivity index (χ1v) is 16.0. The number of benzene rings is 4. The van der Waals surface area contributed by atoms with Crippen LogP contribution in [0.3, 0.4) is 0 Å². The average molecular weight is 592 g/mol. The maximum Gasteiger partial charge on any atom is 0.312 e. The highest BCUT2D eigenvalue weighted by Gasteiger charge is 2.35. The van der Waals surface area contributed by atoms with Gasteiger partial charge >= 0.3 is 5.97 Å². The molecule has 0 saturated carbocycles. The first-order valence-electron chi connectivity index (χ1n) is 16.0. The summed E-state index contributed by atoms with van der Waals surface area (Å²) in [4.78, 5) is 16.5. The van der Waals surface area contributed by atoms with E-state index < -0.39 is 18.1 Å². The minimum atomic E-state index is -0.928. The lowest BCUT2D eigenvalue weighted by molar-refractivity contribution is -0.163. The van der Waals surface area contributed by atoms with Crippen molar-refractivity contribution in [2.24, 2.45) is 5.92 Å². The fraction of sp³-hybridized carbons (Fsp3) is 0.375. The van der Waals surface area contributed by atoms with Crippen LogP contribution in [0.4, 0.5) is 0 Å². The number of carbonyl (C=O) groups is 1. The van der Waals surface area contributed by atoms with E-state index in [1.54, 1.807) is 0 Å². The molecule has 0 aliphatic rings. The number of aliphatic hydroxyl groups excluding tert-OH is 1. The van der Waals surface area contributed by atoms with Crippen LogP contribution in [0.1, 0.15) is 89.8 Å². The minimum Gasteiger partial charge on any atom is -0.456 e. The van der Waals surface area contributed by atoms with Gasteiger partial charge in [0.2, 0.25) is 0 Å². The lowest BCUT2D eigenvalue weighted by Crippen LogP contribution is -2.40. The molecule has 0 amide bonds. The Balaban J connectivity index is 1.72. The standard InChI is InChI=1S/C40H49NO3/c1-7-8-23-36(38(42)33-18-11-9-12-19-33)40(43)44-39(34-20-13-10-14-21-34)32(6)41(26-35-22-16-15-17-29(35)3)27-37-30(4)24-28(2)25-31(37)5/h9-22,24-25,32,36,38-39,42H,7-8,23,26-27H2,1-6H3/t32-,36?,38?,39-/m0/s1. The highest BCUT2D eigenvalue weighted by molar-refractivity contribution is 5.74. The zero-order valence-corrected chi connectivity index (χ0v) is 27.3. The summed E-state index contributed by atoms with van der Waals surface area (Å²) in [6.07, 6.45) is 0.883. The maximum atomic E-state index is 14.1. The van der Waals surface area contributed by atoms with Crippen LogP contribution in [0.25, 0.3) is 0 Å². The van der Waals surface area contributed by atoms with E-state index in [4.69, 9.17) is 4.74 Å². The normalized spacial score (nSPS) is 14.2. The molecule has 0 heterocycles. The van der Waals surface area contributed by atoms with Gasteiger partial charge in [0.25, 0.3) is 0 Å². The summed E-state index contributed by atoms with van der Waals surface area (Å²) in [6.45, 7) is 14.4. The number of unbranched alkanes of at least 4 members (excludes halogenated alkanes) is 1. The average Bonchev–Trinajstić information content (AvgIpc) is 3.02. The van der Waals surface area contributed by atoms with Crippen molar-refractivity contribution in [3.63, 3.8) is 0 Å². The molecule has 44 heavy (non-hydrogen) atoms. The maximum absolute atomic E-state index is 14.1. The number of aryl methyl sites for hydroxylation is 4. The van der Waals surface area contributed by atoms with Crippen LogP contribution in [0.2, 0.25) is 0 Å². The third-order valence-electron chi connectivity index (χ3n) is 8.92. The predicted molar refractivity (Wildman–Crippen MR) is 180 cm³/mol. The Bertz CT molecular complexity index is 1460. The Morgan fingerprint density at radius 2 is 1.34 bits per heavy atom. The Labute approximate surface area is 264 Å². The molecule has 4 heteroatoms. The van der Waals surface area contributed by atoms with Gasteiger partial charge in [-0.05, 0) is 80.0 Å². The van der Waals surface area contributed by atoms with Gasteiger partial charge in [0, 0.05) is 19.1 Å². The molecular weight excluding hydrogens is 542 g/mol. The molecule has 0 radical (unpaired) electrons. The number of carbonyl (C=O) groups excluding carboxylic acids is 1. The number of esters is 1. The quantitative estimate of drug-likeness (QED) is 0.149. The summed E-state index contributed by atoms with van der Waals surface area (Å²) in [5.41, 5.74) is 9.26. The van der Waals surface area contributed by atoms with Crippen LogP contribution in [0, 0.1) is 33.6 Å². The Kier molecular flexibility index (Phi) is 11.9. The molecule has 0 fully saturated rings. The third kappa shape index (κ3) is 8.46. The highest BCUT2D eigenvalue weighted by atomic mass is 16.5. The zero-order valence-electron chi connectivity index (χ0n) is 27.3. The van der Waals surface area contributed by atoms with Crippen molar-refractivity contribution >= 4 is 5.97 Å². The summed E-state index contributed by atoms with van der Waals surface area (Å²) >= 11 is 0. The molecule has 2 unspecified atom stereocenters. The fourth-order valence-corrected chi connectivity index (χ4v) is 6.22. The van der Waals surface area contributed by atoms with E-state index in [9.17, 15) is 9.90 Å². The topological polar surface area (TPSA) is 49.8 Å². The molecule has 4 nitrogen and oxygen atoms in total. The van der Waals surface area contributed by atoms with Crippen LogP contribution in [0.15, 0.2) is 97.1 Å². The third-order valence-corrected chi connectivity index (χ3v) is 8.92. The molecule has 0 bridgehead atoms. The van der Waals surface area contributed by atoms with Gasteiger partial charge in [-0.1, -0.05) is 122 Å². The van der Waals surface area contributed by atoms with Gasteiger partial charge < -0.3 is 9.84 Å². The molecule has 0 spiro atoms. The van der Waals surface area contributed by atoms with Gasteiger partial charge in [-0.15, -0.1) is 0 Å². The van der Waals surface area contributed by atoms with Crippen molar-refractivity contribution in [3.8, 4) is 0 Å². The summed E-state index contributed by atoms with van der Waals surface area (Å²) in [5, 5.41) is 11.4. The van der Waals surface area contributed by atoms with E-state index in [2.05, 4.69) is 82.8 Å². The number of hydrogen-bond acceptors (Lipinski definition) is 4. The first kappa shape index (κ1) is 33.2. The number of ether oxygens (including phenoxy) is 1. The molecule has 4 aromatic rings. The highest BCUT2D eigenvalue weighted by Crippen LogP contribution is 2.34. The number of aliphatic hydroxyl groups is 1. The molecular formula is C40H49NO3. The SMILES string of the molecule is CCCCC(C(=O)O[C@H](c1ccccc1)[C@H](C)N(Cc1ccccc1C)Cc1c(C)cc(C)cc1C)C(O)c1ccccc1. The lowest BCUT2D eigenvalue weighted by atomic mass is 9.90. The van der Waals surface area contributed by atoms with E-state index >= 15 is 0 Å². The van der Waals surface area contributed by atoms with Gasteiger partial charge in [0.15, 0.2) is 0 Å². The van der Waals surface area contributed by atoms with Crippen molar-refractivity contribution in [1.29, 1.82) is 0 Å². The van der Waals surface area contributed by atoms with Crippen LogP contribution in [0.5, 0.6) is 0 Å². The zero-order chi connectivity index (χ0) is 31.6. The van der Waals surface area contributed by atoms with Gasteiger partial charge in [-0.25, -0.2) is 0 Å². The largest absolute Gasteiger partial charge is 0.456 e. The fourth-order valence-electron chi connectivity index (χ4n) is 6.22. The van der Waals surface area contributed by atoms with E-state index in [0.717, 1.165) is 30.5 Å². The molecule has 0 aliphatic heterocycles. The number of nitrogens with zero attached hydrogens (tertiary/aromatic N) is 1. The van der Waals surface area contributed by atoms with E-state index in [1.165, 1.54) is 33.4 Å². The second kappa shape index (κ2) is 15.8. The second-order valence-corrected chi connectivity index (χ2v) is 12.3. The van der Waals surface area contributed by atoms with Crippen molar-refractivity contribution in [1.82, 2.24) is 4.90 Å². The Hall–Kier alpha value is -3.73. The van der Waals surface area contributed by atoms with Crippen molar-refractivity contribution in [2.45, 2.75) is 92.1 Å². The molecule has 4 atom stereocenters. The molecule has 232 valence electrons. The van der Waals surface area contributed by atoms with E-state index in [0.29, 0.717) is 13.0 Å². The van der Waals surface area contributed by atoms with Crippen molar-refractivity contribution in [3.05, 3.63) is 142 Å². The molecule has 4 rings (SSSR count). The molecule has 1 N–H and O–H groups in total. The van der Waals surface area contributed by atoms with Crippen LogP contribution in [-0.2, 0) is 22.6 Å². The van der Waals surface area contributed by atoms with Crippen LogP contribution < -0.4 is 0 Å². The lowest BCUT2D eigenvalue weighted by Gasteiger charge is -2.36. The summed E-state index contributed by atoms with van der Waals surface area (Å²) < 4.78 is 6.53. The Morgan fingerprint density at radius 3 is 1.93 bits per heavy atom. The molecule has 0 aliphatic carbocycles. The smallest absolute Gasteiger partial charge is 0.312 e. The van der Waals surface area contributed by atoms with Gasteiger partial charge in [-0.2, -0.15) is 0 Å². The second-order valence-electron chi connectivity index (χ2n) is 12.3. The van der Waals surface area contributed by atoms with Gasteiger partial charge in [-0.3, -0.25) is 9.69 Å². The molecule has 0 aromatic heterocycles. The monoisotopic (exact) mass is 591 g/mol. The van der Waals surface area contributed by atoms with Crippen molar-refractivity contribution in [2.75, 3.05) is 0 Å². The Morgan fingerprint density at radius 1 is 0.773 bits per heavy atom. The summed E-state index contributed by atoms with van der Waals surface area (Å²) in [6, 6.07) is 32.4. The number of hydrogen-bond donors (Lipinski definition) is 1. The molecule has 4 aromatic carbocycles. The van der Waals surface area contributed by atoms with Crippen LogP contribution >= 0.6 is 0 Å². The first-order chi connectivity index (χ1) is 21.2. The molecule has 0 saturated heterocycles. The summed E-state index contributed by atoms with van der Waals surface area (Å²) in [5.74, 6) is -1.00. The van der Waals surface area contributed by atoms with Gasteiger partial charge in [0.05, 0.1) is 12.0 Å². The van der Waals surface area contributed by atoms with Crippen LogP contribution in [-0.4, -0.2) is 22.0 Å². The van der Waals surface area contributed by atoms with E-state index in [1.807, 2.05) is 60.7 Å².